The van der Waals surface area contributed by atoms with E-state index in [0.717, 1.165) is 49.5 Å². The number of methoxy groups -OCH3 is 1. The molecule has 4 heterocycles. The van der Waals surface area contributed by atoms with Crippen LogP contribution in [0.25, 0.3) is 33.9 Å². The van der Waals surface area contributed by atoms with Crippen LogP contribution in [0.15, 0.2) is 53.4 Å². The van der Waals surface area contributed by atoms with E-state index in [-0.39, 0.29) is 0 Å². The summed E-state index contributed by atoms with van der Waals surface area (Å²) in [6, 6.07) is 11.7. The van der Waals surface area contributed by atoms with Crippen molar-refractivity contribution < 1.29 is 4.74 Å². The van der Waals surface area contributed by atoms with E-state index >= 15 is 0 Å². The Kier molecular flexibility index (Phi) is 4.09. The number of aromatic nitrogens is 6. The molecule has 0 aliphatic heterocycles. The highest BCUT2D eigenvalue weighted by Crippen LogP contribution is 2.32. The lowest BCUT2D eigenvalue weighted by molar-refractivity contribution is 0.416. The number of fused-ring (bicyclic) bond motifs is 3. The fourth-order valence-corrected chi connectivity index (χ4v) is 3.82. The third-order valence-corrected chi connectivity index (χ3v) is 5.59. The predicted octanol–water partition coefficient (Wildman–Crippen LogP) is 4.52. The molecule has 0 bridgehead atoms. The molecule has 5 rings (SSSR count). The molecule has 1 aromatic carbocycles. The standard InChI is InChI=1S/C21H17BrN6O/c1-12-13(2)28(17-9-8-14(22)10-23-17)20-18(12)21-25-19(26-27(21)11-24-20)15-6-4-5-7-16(15)29-3/h4-11H,1-3H3. The highest BCUT2D eigenvalue weighted by atomic mass is 79.9. The molecule has 0 atom stereocenters. The van der Waals surface area contributed by atoms with Crippen molar-refractivity contribution in [2.24, 2.45) is 0 Å². The summed E-state index contributed by atoms with van der Waals surface area (Å²) in [5, 5.41) is 5.60. The minimum absolute atomic E-state index is 0.600. The molecule has 0 radical (unpaired) electrons. The second-order valence-electron chi connectivity index (χ2n) is 6.73. The van der Waals surface area contributed by atoms with Crippen molar-refractivity contribution in [1.29, 1.82) is 0 Å². The second-order valence-corrected chi connectivity index (χ2v) is 7.64. The molecule has 0 amide bonds. The number of nitrogens with zero attached hydrogens (tertiary/aromatic N) is 6. The highest BCUT2D eigenvalue weighted by molar-refractivity contribution is 9.10. The minimum atomic E-state index is 0.600. The summed E-state index contributed by atoms with van der Waals surface area (Å²) in [5.41, 5.74) is 4.57. The summed E-state index contributed by atoms with van der Waals surface area (Å²) < 4.78 is 10.2. The van der Waals surface area contributed by atoms with Gasteiger partial charge in [0.25, 0.3) is 0 Å². The van der Waals surface area contributed by atoms with Crippen molar-refractivity contribution in [3.05, 3.63) is 64.7 Å². The summed E-state index contributed by atoms with van der Waals surface area (Å²) >= 11 is 3.44. The van der Waals surface area contributed by atoms with Crippen molar-refractivity contribution in [1.82, 2.24) is 29.1 Å². The summed E-state index contributed by atoms with van der Waals surface area (Å²) in [6.45, 7) is 4.14. The lowest BCUT2D eigenvalue weighted by Gasteiger charge is -2.06. The number of hydrogen-bond donors (Lipinski definition) is 0. The monoisotopic (exact) mass is 448 g/mol. The SMILES string of the molecule is COc1ccccc1-c1nc2c3c(C)c(C)n(-c4ccc(Br)cn4)c3ncn2n1. The zero-order chi connectivity index (χ0) is 20.1. The molecule has 0 aliphatic carbocycles. The van der Waals surface area contributed by atoms with Gasteiger partial charge in [0.05, 0.1) is 18.1 Å². The second kappa shape index (κ2) is 6.66. The zero-order valence-corrected chi connectivity index (χ0v) is 17.7. The van der Waals surface area contributed by atoms with Crippen molar-refractivity contribution >= 4 is 32.6 Å². The van der Waals surface area contributed by atoms with E-state index in [9.17, 15) is 0 Å². The van der Waals surface area contributed by atoms with Crippen LogP contribution in [-0.2, 0) is 0 Å². The number of para-hydroxylation sites is 1. The molecule has 0 fully saturated rings. The summed E-state index contributed by atoms with van der Waals surface area (Å²) in [4.78, 5) is 14.1. The number of benzene rings is 1. The molecular weight excluding hydrogens is 432 g/mol. The molecule has 29 heavy (non-hydrogen) atoms. The van der Waals surface area contributed by atoms with Crippen LogP contribution in [0.2, 0.25) is 0 Å². The number of rotatable bonds is 3. The average molecular weight is 449 g/mol. The van der Waals surface area contributed by atoms with Gasteiger partial charge in [-0.15, -0.1) is 5.10 Å². The van der Waals surface area contributed by atoms with E-state index in [1.165, 1.54) is 0 Å². The summed E-state index contributed by atoms with van der Waals surface area (Å²) in [7, 11) is 1.65. The van der Waals surface area contributed by atoms with Gasteiger partial charge in [-0.3, -0.25) is 4.57 Å². The number of pyridine rings is 1. The van der Waals surface area contributed by atoms with Crippen LogP contribution in [-0.4, -0.2) is 36.2 Å². The Morgan fingerprint density at radius 2 is 1.83 bits per heavy atom. The van der Waals surface area contributed by atoms with Crippen LogP contribution in [0, 0.1) is 13.8 Å². The molecule has 0 saturated carbocycles. The van der Waals surface area contributed by atoms with Gasteiger partial charge in [0, 0.05) is 16.4 Å². The highest BCUT2D eigenvalue weighted by Gasteiger charge is 2.20. The van der Waals surface area contributed by atoms with Crippen molar-refractivity contribution in [3.63, 3.8) is 0 Å². The Balaban J connectivity index is 1.79. The molecule has 0 N–H and O–H groups in total. The van der Waals surface area contributed by atoms with Gasteiger partial charge in [-0.2, -0.15) is 0 Å². The maximum absolute atomic E-state index is 5.48. The van der Waals surface area contributed by atoms with Gasteiger partial charge in [0.15, 0.2) is 17.1 Å². The van der Waals surface area contributed by atoms with Crippen LogP contribution >= 0.6 is 15.9 Å². The molecule has 8 heteroatoms. The smallest absolute Gasteiger partial charge is 0.185 e. The number of hydrogen-bond acceptors (Lipinski definition) is 5. The fraction of sp³-hybridized carbons (Fsp3) is 0.143. The molecule has 4 aromatic heterocycles. The molecule has 7 nitrogen and oxygen atoms in total. The number of aryl methyl sites for hydroxylation is 1. The van der Waals surface area contributed by atoms with Crippen LogP contribution < -0.4 is 4.74 Å². The fourth-order valence-electron chi connectivity index (χ4n) is 3.58. The third-order valence-electron chi connectivity index (χ3n) is 5.12. The van der Waals surface area contributed by atoms with Gasteiger partial charge in [-0.25, -0.2) is 19.5 Å². The van der Waals surface area contributed by atoms with E-state index in [1.807, 2.05) is 36.4 Å². The molecule has 0 saturated heterocycles. The van der Waals surface area contributed by atoms with Crippen LogP contribution in [0.1, 0.15) is 11.3 Å². The van der Waals surface area contributed by atoms with Crippen molar-refractivity contribution in [2.45, 2.75) is 13.8 Å². The van der Waals surface area contributed by atoms with E-state index in [0.29, 0.717) is 5.82 Å². The first-order valence-electron chi connectivity index (χ1n) is 9.07. The van der Waals surface area contributed by atoms with Gasteiger partial charge in [0.2, 0.25) is 0 Å². The maximum atomic E-state index is 5.48. The minimum Gasteiger partial charge on any atom is -0.496 e. The lowest BCUT2D eigenvalue weighted by Crippen LogP contribution is -2.01. The van der Waals surface area contributed by atoms with E-state index in [4.69, 9.17) is 9.72 Å². The van der Waals surface area contributed by atoms with E-state index in [1.54, 1.807) is 24.1 Å². The van der Waals surface area contributed by atoms with Crippen molar-refractivity contribution in [2.75, 3.05) is 7.11 Å². The third kappa shape index (κ3) is 2.71. The first-order valence-corrected chi connectivity index (χ1v) is 9.86. The molecular formula is C21H17BrN6O. The van der Waals surface area contributed by atoms with E-state index < -0.39 is 0 Å². The maximum Gasteiger partial charge on any atom is 0.185 e. The Bertz CT molecular complexity index is 1370. The van der Waals surface area contributed by atoms with E-state index in [2.05, 4.69) is 49.4 Å². The number of halogens is 1. The first-order chi connectivity index (χ1) is 14.1. The Morgan fingerprint density at radius 1 is 1.00 bits per heavy atom. The van der Waals surface area contributed by atoms with Crippen molar-refractivity contribution in [3.8, 4) is 23.0 Å². The van der Waals surface area contributed by atoms with Gasteiger partial charge in [-0.05, 0) is 59.6 Å². The Hall–Kier alpha value is -3.26. The quantitative estimate of drug-likeness (QED) is 0.405. The molecule has 0 aliphatic rings. The topological polar surface area (TPSA) is 70.1 Å². The Labute approximate surface area is 175 Å². The predicted molar refractivity (Wildman–Crippen MR) is 115 cm³/mol. The first kappa shape index (κ1) is 17.8. The normalized spacial score (nSPS) is 11.4. The molecule has 0 unspecified atom stereocenters. The van der Waals surface area contributed by atoms with Crippen LogP contribution in [0.4, 0.5) is 0 Å². The molecule has 5 aromatic rings. The van der Waals surface area contributed by atoms with Gasteiger partial charge >= 0.3 is 0 Å². The zero-order valence-electron chi connectivity index (χ0n) is 16.1. The van der Waals surface area contributed by atoms with Gasteiger partial charge in [-0.1, -0.05) is 12.1 Å². The summed E-state index contributed by atoms with van der Waals surface area (Å²) in [6.07, 6.45) is 3.48. The molecule has 144 valence electrons. The van der Waals surface area contributed by atoms with Gasteiger partial charge < -0.3 is 4.74 Å². The number of ether oxygens (including phenoxy) is 1. The Morgan fingerprint density at radius 3 is 2.59 bits per heavy atom. The molecule has 0 spiro atoms. The summed E-state index contributed by atoms with van der Waals surface area (Å²) in [5.74, 6) is 2.14. The average Bonchev–Trinajstić information content (AvgIpc) is 3.28. The largest absolute Gasteiger partial charge is 0.496 e. The lowest BCUT2D eigenvalue weighted by atomic mass is 10.2. The van der Waals surface area contributed by atoms with Gasteiger partial charge in [0.1, 0.15) is 17.9 Å². The van der Waals surface area contributed by atoms with Crippen LogP contribution in [0.5, 0.6) is 5.75 Å². The van der Waals surface area contributed by atoms with Crippen LogP contribution in [0.3, 0.4) is 0 Å².